The molecule has 1 aliphatic heterocycles. The maximum atomic E-state index is 12.3. The summed E-state index contributed by atoms with van der Waals surface area (Å²) in [4.78, 5) is 2.23. The molecule has 1 fully saturated rings. The molecule has 8 nitrogen and oxygen atoms in total. The van der Waals surface area contributed by atoms with E-state index in [1.807, 2.05) is 0 Å². The Labute approximate surface area is 159 Å². The van der Waals surface area contributed by atoms with Gasteiger partial charge < -0.3 is 32.5 Å². The minimum atomic E-state index is -3.01. The van der Waals surface area contributed by atoms with Crippen molar-refractivity contribution in [1.29, 1.82) is 0 Å². The van der Waals surface area contributed by atoms with Gasteiger partial charge in [0, 0.05) is 60.8 Å². The molecule has 1 aliphatic rings. The Balaban J connectivity index is 2.38. The van der Waals surface area contributed by atoms with Crippen molar-refractivity contribution in [3.05, 3.63) is 0 Å². The predicted molar refractivity (Wildman–Crippen MR) is 103 cm³/mol. The standard InChI is InChI=1S/C16H35NO7P2/c1-19-25(20-2)14-10-17(11-15-26(18,21-3)22-4)9-7-13-24-16-8-5-6-12-23-16/h16H,5-15H2,1-4H3. The van der Waals surface area contributed by atoms with Crippen molar-refractivity contribution in [1.82, 2.24) is 4.90 Å². The molecule has 0 amide bonds. The van der Waals surface area contributed by atoms with E-state index in [1.165, 1.54) is 14.2 Å². The highest BCUT2D eigenvalue weighted by Crippen LogP contribution is 2.46. The van der Waals surface area contributed by atoms with E-state index in [0.717, 1.165) is 51.5 Å². The van der Waals surface area contributed by atoms with Gasteiger partial charge in [-0.25, -0.2) is 0 Å². The van der Waals surface area contributed by atoms with Crippen LogP contribution in [0.1, 0.15) is 25.7 Å². The molecule has 0 aromatic heterocycles. The number of rotatable bonds is 15. The molecule has 1 atom stereocenters. The fraction of sp³-hybridized carbons (Fsp3) is 1.00. The molecule has 0 bridgehead atoms. The Morgan fingerprint density at radius 1 is 1.08 bits per heavy atom. The van der Waals surface area contributed by atoms with Gasteiger partial charge in [-0.1, -0.05) is 0 Å². The number of ether oxygens (including phenoxy) is 2. The van der Waals surface area contributed by atoms with Gasteiger partial charge in [0.25, 0.3) is 0 Å². The first-order valence-electron chi connectivity index (χ1n) is 9.08. The first-order chi connectivity index (χ1) is 12.6. The predicted octanol–water partition coefficient (Wildman–Crippen LogP) is 3.31. The Bertz CT molecular complexity index is 385. The molecule has 0 spiro atoms. The van der Waals surface area contributed by atoms with Gasteiger partial charge in [0.05, 0.1) is 12.8 Å². The summed E-state index contributed by atoms with van der Waals surface area (Å²) in [6, 6.07) is 0. The van der Waals surface area contributed by atoms with Crippen molar-refractivity contribution in [2.75, 3.05) is 73.6 Å². The van der Waals surface area contributed by atoms with Gasteiger partial charge in [0.1, 0.15) is 0 Å². The van der Waals surface area contributed by atoms with E-state index in [1.54, 1.807) is 14.2 Å². The van der Waals surface area contributed by atoms with Gasteiger partial charge >= 0.3 is 7.60 Å². The monoisotopic (exact) mass is 415 g/mol. The second-order valence-corrected chi connectivity index (χ2v) is 10.2. The van der Waals surface area contributed by atoms with E-state index in [9.17, 15) is 4.57 Å². The summed E-state index contributed by atoms with van der Waals surface area (Å²) in [6.07, 6.45) is 5.22. The maximum Gasteiger partial charge on any atom is 0.331 e. The number of hydrogen-bond acceptors (Lipinski definition) is 8. The van der Waals surface area contributed by atoms with Crippen molar-refractivity contribution in [3.63, 3.8) is 0 Å². The molecule has 0 radical (unpaired) electrons. The van der Waals surface area contributed by atoms with Crippen LogP contribution in [0.2, 0.25) is 0 Å². The molecule has 0 aromatic carbocycles. The SMILES string of the molecule is COP(CCN(CCCOC1CCCCO1)CCP(=O)(OC)OC)OC. The van der Waals surface area contributed by atoms with Gasteiger partial charge in [0.2, 0.25) is 0 Å². The van der Waals surface area contributed by atoms with Crippen molar-refractivity contribution < 1.29 is 32.1 Å². The van der Waals surface area contributed by atoms with Crippen LogP contribution < -0.4 is 0 Å². The molecular formula is C16H35NO7P2. The summed E-state index contributed by atoms with van der Waals surface area (Å²) in [6.45, 7) is 3.68. The van der Waals surface area contributed by atoms with Gasteiger partial charge in [-0.15, -0.1) is 0 Å². The third kappa shape index (κ3) is 10.1. The molecule has 10 heteroatoms. The zero-order valence-electron chi connectivity index (χ0n) is 16.6. The average molecular weight is 415 g/mol. The lowest BCUT2D eigenvalue weighted by molar-refractivity contribution is -0.163. The van der Waals surface area contributed by atoms with Crippen LogP contribution in [0.5, 0.6) is 0 Å². The van der Waals surface area contributed by atoms with E-state index < -0.39 is 16.0 Å². The molecule has 1 unspecified atom stereocenters. The summed E-state index contributed by atoms with van der Waals surface area (Å²) in [5, 5.41) is 0. The number of hydrogen-bond donors (Lipinski definition) is 0. The quantitative estimate of drug-likeness (QED) is 0.298. The van der Waals surface area contributed by atoms with Crippen LogP contribution in [0.4, 0.5) is 0 Å². The van der Waals surface area contributed by atoms with E-state index in [-0.39, 0.29) is 6.29 Å². The van der Waals surface area contributed by atoms with Gasteiger partial charge in [-0.2, -0.15) is 0 Å². The van der Waals surface area contributed by atoms with Crippen LogP contribution in [0.25, 0.3) is 0 Å². The van der Waals surface area contributed by atoms with Crippen molar-refractivity contribution >= 4 is 16.0 Å². The summed E-state index contributed by atoms with van der Waals surface area (Å²) in [7, 11) is 2.25. The van der Waals surface area contributed by atoms with Crippen molar-refractivity contribution in [2.24, 2.45) is 0 Å². The first-order valence-corrected chi connectivity index (χ1v) is 12.2. The van der Waals surface area contributed by atoms with E-state index in [2.05, 4.69) is 4.90 Å². The van der Waals surface area contributed by atoms with Gasteiger partial charge in [0.15, 0.2) is 14.7 Å². The summed E-state index contributed by atoms with van der Waals surface area (Å²) in [5.41, 5.74) is 0. The van der Waals surface area contributed by atoms with Crippen LogP contribution in [0.15, 0.2) is 0 Å². The van der Waals surface area contributed by atoms with E-state index >= 15 is 0 Å². The summed E-state index contributed by atoms with van der Waals surface area (Å²) < 4.78 is 44.3. The smallest absolute Gasteiger partial charge is 0.331 e. The van der Waals surface area contributed by atoms with E-state index in [0.29, 0.717) is 19.3 Å². The molecule has 0 aromatic rings. The minimum absolute atomic E-state index is 0.0609. The maximum absolute atomic E-state index is 12.3. The first kappa shape index (κ1) is 24.4. The average Bonchev–Trinajstić information content (AvgIpc) is 2.69. The fourth-order valence-electron chi connectivity index (χ4n) is 2.68. The molecule has 156 valence electrons. The molecule has 1 heterocycles. The zero-order valence-corrected chi connectivity index (χ0v) is 18.3. The van der Waals surface area contributed by atoms with Crippen molar-refractivity contribution in [3.8, 4) is 0 Å². The lowest BCUT2D eigenvalue weighted by Crippen LogP contribution is -2.32. The van der Waals surface area contributed by atoms with E-state index in [4.69, 9.17) is 27.6 Å². The molecule has 0 N–H and O–H groups in total. The Kier molecular flexibility index (Phi) is 13.5. The second kappa shape index (κ2) is 14.4. The Morgan fingerprint density at radius 3 is 2.38 bits per heavy atom. The fourth-order valence-corrected chi connectivity index (χ4v) is 4.68. The van der Waals surface area contributed by atoms with Gasteiger partial charge in [-0.05, 0) is 25.7 Å². The molecule has 0 saturated carbocycles. The topological polar surface area (TPSA) is 75.7 Å². The van der Waals surface area contributed by atoms with Crippen LogP contribution >= 0.6 is 16.0 Å². The molecule has 26 heavy (non-hydrogen) atoms. The van der Waals surface area contributed by atoms with Gasteiger partial charge in [-0.3, -0.25) is 4.57 Å². The zero-order chi connectivity index (χ0) is 19.3. The lowest BCUT2D eigenvalue weighted by atomic mass is 10.2. The normalized spacial score (nSPS) is 18.8. The third-order valence-corrected chi connectivity index (χ3v) is 7.55. The lowest BCUT2D eigenvalue weighted by Gasteiger charge is -2.26. The van der Waals surface area contributed by atoms with Crippen LogP contribution in [-0.2, 0) is 32.1 Å². The minimum Gasteiger partial charge on any atom is -0.353 e. The number of nitrogens with zero attached hydrogens (tertiary/aromatic N) is 1. The second-order valence-electron chi connectivity index (χ2n) is 5.98. The van der Waals surface area contributed by atoms with Crippen LogP contribution in [0, 0.1) is 0 Å². The Morgan fingerprint density at radius 2 is 1.81 bits per heavy atom. The molecular weight excluding hydrogens is 380 g/mol. The molecule has 1 saturated heterocycles. The highest BCUT2D eigenvalue weighted by Gasteiger charge is 2.23. The largest absolute Gasteiger partial charge is 0.353 e. The summed E-state index contributed by atoms with van der Waals surface area (Å²) in [5.74, 6) is 0. The highest BCUT2D eigenvalue weighted by molar-refractivity contribution is 7.53. The molecule has 1 rings (SSSR count). The van der Waals surface area contributed by atoms with Crippen molar-refractivity contribution in [2.45, 2.75) is 32.0 Å². The van der Waals surface area contributed by atoms with Crippen LogP contribution in [-0.4, -0.2) is 84.8 Å². The molecule has 0 aliphatic carbocycles. The highest BCUT2D eigenvalue weighted by atomic mass is 31.2. The Hall–Kier alpha value is 0.380. The third-order valence-electron chi connectivity index (χ3n) is 4.31. The summed E-state index contributed by atoms with van der Waals surface area (Å²) >= 11 is 0. The van der Waals surface area contributed by atoms with Crippen LogP contribution in [0.3, 0.4) is 0 Å².